The smallest absolute Gasteiger partial charge is 0.327 e. The van der Waals surface area contributed by atoms with Crippen molar-refractivity contribution in [3.05, 3.63) is 54.1 Å². The summed E-state index contributed by atoms with van der Waals surface area (Å²) in [5.41, 5.74) is 14.8. The summed E-state index contributed by atoms with van der Waals surface area (Å²) in [4.78, 5) is 67.8. The summed E-state index contributed by atoms with van der Waals surface area (Å²) in [5, 5.41) is 24.3. The van der Waals surface area contributed by atoms with Crippen LogP contribution in [0, 0.1) is 5.41 Å². The number of amides is 2. The number of allylic oxidation sites excluding steroid dienone is 3. The van der Waals surface area contributed by atoms with E-state index in [2.05, 4.69) is 15.6 Å². The van der Waals surface area contributed by atoms with Crippen LogP contribution >= 0.6 is 12.2 Å². The molecule has 206 valence electrons. The van der Waals surface area contributed by atoms with Gasteiger partial charge in [0.15, 0.2) is 16.9 Å². The maximum atomic E-state index is 13.3. The monoisotopic (exact) mass is 557 g/mol. The molecule has 0 radical (unpaired) electrons. The summed E-state index contributed by atoms with van der Waals surface area (Å²) in [7, 11) is 0. The van der Waals surface area contributed by atoms with E-state index >= 15 is 0 Å². The lowest BCUT2D eigenvalue weighted by molar-refractivity contribution is -0.147. The zero-order valence-electron chi connectivity index (χ0n) is 20.4. The quantitative estimate of drug-likeness (QED) is 0.0944. The third kappa shape index (κ3) is 6.27. The van der Waals surface area contributed by atoms with E-state index in [0.717, 1.165) is 4.90 Å². The number of carboxylic acids is 2. The number of hydrogen-bond acceptors (Lipinski definition) is 8. The molecule has 2 aliphatic rings. The highest BCUT2D eigenvalue weighted by atomic mass is 32.1. The number of nitrogens with one attached hydrogen (secondary N) is 2. The average Bonchev–Trinajstić information content (AvgIpc) is 3.17. The van der Waals surface area contributed by atoms with Crippen molar-refractivity contribution in [2.24, 2.45) is 27.6 Å². The van der Waals surface area contributed by atoms with Crippen molar-refractivity contribution in [1.82, 2.24) is 10.6 Å². The van der Waals surface area contributed by atoms with Crippen LogP contribution in [0.15, 0.2) is 53.6 Å². The van der Waals surface area contributed by atoms with Gasteiger partial charge >= 0.3 is 11.9 Å². The molecule has 1 fully saturated rings. The maximum Gasteiger partial charge on any atom is 0.327 e. The predicted octanol–water partition coefficient (Wildman–Crippen LogP) is -1.39. The first kappa shape index (κ1) is 28.9. The van der Waals surface area contributed by atoms with Crippen LogP contribution in [0.2, 0.25) is 0 Å². The van der Waals surface area contributed by atoms with Crippen molar-refractivity contribution in [1.29, 1.82) is 0 Å². The SMILES string of the molecule is NC(N)=NCC1NC(=S)N(c2cccc(C(=O)N[C@@H](C(=O)O)C3(C(=O)[C@@H](N)CC(=O)O)C=CC=CC3)c2)C1=O. The summed E-state index contributed by atoms with van der Waals surface area (Å²) in [6, 6.07) is 1.55. The van der Waals surface area contributed by atoms with Crippen LogP contribution in [0.5, 0.6) is 0 Å². The number of ketones is 1. The van der Waals surface area contributed by atoms with Crippen LogP contribution in [0.25, 0.3) is 0 Å². The lowest BCUT2D eigenvalue weighted by atomic mass is 9.69. The third-order valence-electron chi connectivity index (χ3n) is 6.17. The minimum atomic E-state index is -1.84. The standard InChI is InChI=1S/C24H27N7O7S/c25-14(10-16(32)33)18(34)24(7-2-1-3-8-24)17(21(37)38)30-19(35)12-5-4-6-13(9-12)31-20(36)15(29-23(31)39)11-28-22(26)27/h1-7,9,14-15,17H,8,10-11,25H2,(H,29,39)(H,30,35)(H,32,33)(H,37,38)(H4,26,27,28)/t14-,15?,17-,24?/m0/s1. The molecule has 1 aromatic carbocycles. The molecule has 1 aromatic rings. The minimum absolute atomic E-state index is 0.0326. The fourth-order valence-corrected chi connectivity index (χ4v) is 4.65. The third-order valence-corrected chi connectivity index (χ3v) is 6.47. The fourth-order valence-electron chi connectivity index (χ4n) is 4.31. The first-order valence-electron chi connectivity index (χ1n) is 11.6. The van der Waals surface area contributed by atoms with Crippen molar-refractivity contribution in [2.45, 2.75) is 31.0 Å². The molecular formula is C24H27N7O7S. The molecule has 2 amide bonds. The van der Waals surface area contributed by atoms with Crippen molar-refractivity contribution in [3.8, 4) is 0 Å². The highest BCUT2D eigenvalue weighted by Crippen LogP contribution is 2.35. The Balaban J connectivity index is 1.89. The number of carboxylic acid groups (broad SMARTS) is 2. The van der Waals surface area contributed by atoms with E-state index in [1.807, 2.05) is 0 Å². The lowest BCUT2D eigenvalue weighted by Crippen LogP contribution is -2.59. The predicted molar refractivity (Wildman–Crippen MR) is 144 cm³/mol. The van der Waals surface area contributed by atoms with E-state index in [1.54, 1.807) is 6.08 Å². The van der Waals surface area contributed by atoms with E-state index in [9.17, 15) is 29.1 Å². The average molecular weight is 558 g/mol. The number of hydrogen-bond donors (Lipinski definition) is 7. The molecule has 4 atom stereocenters. The highest BCUT2D eigenvalue weighted by Gasteiger charge is 2.50. The first-order valence-corrected chi connectivity index (χ1v) is 12.0. The Morgan fingerprint density at radius 3 is 2.54 bits per heavy atom. The van der Waals surface area contributed by atoms with Crippen LogP contribution in [0.1, 0.15) is 23.2 Å². The highest BCUT2D eigenvalue weighted by molar-refractivity contribution is 7.80. The Labute approximate surface area is 227 Å². The number of aliphatic imine (C=N–C) groups is 1. The van der Waals surface area contributed by atoms with E-state index < -0.39 is 59.5 Å². The zero-order valence-corrected chi connectivity index (χ0v) is 21.3. The summed E-state index contributed by atoms with van der Waals surface area (Å²) < 4.78 is 0. The second-order valence-corrected chi connectivity index (χ2v) is 9.22. The van der Waals surface area contributed by atoms with Gasteiger partial charge in [0, 0.05) is 5.56 Å². The Kier molecular flexibility index (Phi) is 8.78. The number of guanidine groups is 1. The molecule has 0 aromatic heterocycles. The molecule has 3 rings (SSSR count). The number of aliphatic carboxylic acids is 2. The van der Waals surface area contributed by atoms with Crippen molar-refractivity contribution in [2.75, 3.05) is 11.4 Å². The zero-order chi connectivity index (χ0) is 28.9. The second-order valence-electron chi connectivity index (χ2n) is 8.84. The van der Waals surface area contributed by atoms with E-state index in [4.69, 9.17) is 34.5 Å². The molecule has 2 unspecified atom stereocenters. The van der Waals surface area contributed by atoms with Crippen molar-refractivity contribution < 1.29 is 34.2 Å². The number of anilines is 1. The molecule has 10 N–H and O–H groups in total. The van der Waals surface area contributed by atoms with Crippen LogP contribution in [0.4, 0.5) is 5.69 Å². The Morgan fingerprint density at radius 1 is 1.23 bits per heavy atom. The number of nitrogens with two attached hydrogens (primary N) is 3. The van der Waals surface area contributed by atoms with Gasteiger partial charge < -0.3 is 38.0 Å². The molecule has 0 bridgehead atoms. The van der Waals surface area contributed by atoms with Gasteiger partial charge in [0.1, 0.15) is 12.1 Å². The summed E-state index contributed by atoms with van der Waals surface area (Å²) in [6.07, 6.45) is 5.00. The van der Waals surface area contributed by atoms with E-state index in [1.165, 1.54) is 42.5 Å². The molecule has 1 heterocycles. The van der Waals surface area contributed by atoms with E-state index in [-0.39, 0.29) is 35.3 Å². The lowest BCUT2D eigenvalue weighted by Gasteiger charge is -2.37. The second kappa shape index (κ2) is 11.8. The van der Waals surface area contributed by atoms with Crippen LogP contribution in [-0.2, 0) is 19.2 Å². The Bertz CT molecular complexity index is 1310. The normalized spacial score (nSPS) is 21.6. The molecular weight excluding hydrogens is 530 g/mol. The molecule has 1 aliphatic carbocycles. The molecule has 15 heteroatoms. The number of Topliss-reactive ketones (excluding diaryl/α,β-unsaturated/α-hetero) is 1. The van der Waals surface area contributed by atoms with Gasteiger partial charge in [-0.1, -0.05) is 30.4 Å². The van der Waals surface area contributed by atoms with Gasteiger partial charge in [-0.2, -0.15) is 0 Å². The number of carbonyl (C=O) groups excluding carboxylic acids is 3. The number of rotatable bonds is 11. The molecule has 39 heavy (non-hydrogen) atoms. The Morgan fingerprint density at radius 2 is 1.95 bits per heavy atom. The summed E-state index contributed by atoms with van der Waals surface area (Å²) in [5.74, 6) is -5.26. The Hall–Kier alpha value is -4.63. The topological polar surface area (TPSA) is 244 Å². The fraction of sp³-hybridized carbons (Fsp3) is 0.292. The number of benzene rings is 1. The maximum absolute atomic E-state index is 13.3. The molecule has 0 spiro atoms. The van der Waals surface area contributed by atoms with Crippen LogP contribution in [0.3, 0.4) is 0 Å². The first-order chi connectivity index (χ1) is 18.4. The van der Waals surface area contributed by atoms with Crippen LogP contribution in [-0.4, -0.2) is 75.5 Å². The number of carbonyl (C=O) groups is 5. The molecule has 1 saturated heterocycles. The number of thiocarbonyl (C=S) groups is 1. The van der Waals surface area contributed by atoms with Gasteiger partial charge in [0.2, 0.25) is 0 Å². The number of nitrogens with zero attached hydrogens (tertiary/aromatic N) is 2. The summed E-state index contributed by atoms with van der Waals surface area (Å²) >= 11 is 5.25. The van der Waals surface area contributed by atoms with Gasteiger partial charge in [-0.3, -0.25) is 29.1 Å². The van der Waals surface area contributed by atoms with Crippen molar-refractivity contribution >= 4 is 58.5 Å². The minimum Gasteiger partial charge on any atom is -0.481 e. The van der Waals surface area contributed by atoms with Gasteiger partial charge in [-0.05, 0) is 36.8 Å². The van der Waals surface area contributed by atoms with Crippen molar-refractivity contribution in [3.63, 3.8) is 0 Å². The molecule has 1 aliphatic heterocycles. The van der Waals surface area contributed by atoms with Gasteiger partial charge in [-0.25, -0.2) is 4.79 Å². The molecule has 0 saturated carbocycles. The van der Waals surface area contributed by atoms with Gasteiger partial charge in [-0.15, -0.1) is 0 Å². The van der Waals surface area contributed by atoms with E-state index in [0.29, 0.717) is 0 Å². The van der Waals surface area contributed by atoms with Gasteiger partial charge in [0.05, 0.1) is 30.1 Å². The largest absolute Gasteiger partial charge is 0.481 e. The summed E-state index contributed by atoms with van der Waals surface area (Å²) in [6.45, 7) is -0.0691. The molecule has 14 nitrogen and oxygen atoms in total. The van der Waals surface area contributed by atoms with Crippen LogP contribution < -0.4 is 32.7 Å². The van der Waals surface area contributed by atoms with Gasteiger partial charge in [0.25, 0.3) is 11.8 Å².